The summed E-state index contributed by atoms with van der Waals surface area (Å²) in [6.07, 6.45) is 3.95. The first-order valence-corrected chi connectivity index (χ1v) is 7.87. The molecule has 1 aliphatic rings. The Labute approximate surface area is 139 Å². The minimum atomic E-state index is -0.237. The highest BCUT2D eigenvalue weighted by atomic mass is 35.5. The predicted octanol–water partition coefficient (Wildman–Crippen LogP) is 4.24. The Balaban J connectivity index is 1.87. The maximum Gasteiger partial charge on any atom is 0.259 e. The van der Waals surface area contributed by atoms with Crippen LogP contribution in [0.5, 0.6) is 0 Å². The largest absolute Gasteiger partial charge is 0.356 e. The number of nitrogens with one attached hydrogen (secondary N) is 1. The van der Waals surface area contributed by atoms with E-state index >= 15 is 0 Å². The van der Waals surface area contributed by atoms with Crippen molar-refractivity contribution in [2.45, 2.75) is 12.8 Å². The molecule has 0 saturated carbocycles. The van der Waals surface area contributed by atoms with Gasteiger partial charge in [0.05, 0.1) is 16.3 Å². The van der Waals surface area contributed by atoms with Gasteiger partial charge in [-0.05, 0) is 43.2 Å². The van der Waals surface area contributed by atoms with E-state index in [-0.39, 0.29) is 5.91 Å². The van der Waals surface area contributed by atoms with Crippen molar-refractivity contribution in [2.24, 2.45) is 0 Å². The van der Waals surface area contributed by atoms with Crippen LogP contribution < -0.4 is 10.2 Å². The highest BCUT2D eigenvalue weighted by molar-refractivity contribution is 6.36. The van der Waals surface area contributed by atoms with Crippen LogP contribution >= 0.6 is 23.2 Å². The number of hydrogen-bond acceptors (Lipinski definition) is 3. The summed E-state index contributed by atoms with van der Waals surface area (Å²) in [6.45, 7) is 1.85. The molecule has 1 fully saturated rings. The van der Waals surface area contributed by atoms with Gasteiger partial charge < -0.3 is 10.2 Å². The van der Waals surface area contributed by atoms with Crippen LogP contribution in [0.2, 0.25) is 10.0 Å². The van der Waals surface area contributed by atoms with Crippen LogP contribution in [-0.2, 0) is 0 Å². The van der Waals surface area contributed by atoms with E-state index < -0.39 is 0 Å². The van der Waals surface area contributed by atoms with Gasteiger partial charge in [0.1, 0.15) is 5.82 Å². The molecule has 114 valence electrons. The van der Waals surface area contributed by atoms with Gasteiger partial charge in [-0.3, -0.25) is 4.79 Å². The van der Waals surface area contributed by atoms with E-state index in [4.69, 9.17) is 23.2 Å². The number of hydrogen-bond donors (Lipinski definition) is 1. The summed E-state index contributed by atoms with van der Waals surface area (Å²) in [7, 11) is 0. The average molecular weight is 336 g/mol. The molecule has 1 aromatic heterocycles. The van der Waals surface area contributed by atoms with Crippen LogP contribution in [0.15, 0.2) is 36.5 Å². The van der Waals surface area contributed by atoms with Crippen molar-refractivity contribution in [3.8, 4) is 0 Å². The molecule has 2 heterocycles. The summed E-state index contributed by atoms with van der Waals surface area (Å²) in [5.41, 5.74) is 1.04. The van der Waals surface area contributed by atoms with E-state index in [0.29, 0.717) is 21.3 Å². The van der Waals surface area contributed by atoms with Crippen molar-refractivity contribution >= 4 is 40.6 Å². The molecule has 1 saturated heterocycles. The van der Waals surface area contributed by atoms with Crippen molar-refractivity contribution in [3.63, 3.8) is 0 Å². The van der Waals surface area contributed by atoms with Gasteiger partial charge in [0.15, 0.2) is 0 Å². The molecule has 3 rings (SSSR count). The third-order valence-electron chi connectivity index (χ3n) is 3.61. The molecule has 0 aliphatic carbocycles. The summed E-state index contributed by atoms with van der Waals surface area (Å²) in [6, 6.07) is 8.50. The van der Waals surface area contributed by atoms with Crippen molar-refractivity contribution in [1.82, 2.24) is 4.98 Å². The van der Waals surface area contributed by atoms with E-state index in [9.17, 15) is 4.79 Å². The van der Waals surface area contributed by atoms with Gasteiger partial charge in [0, 0.05) is 24.3 Å². The summed E-state index contributed by atoms with van der Waals surface area (Å²) in [5.74, 6) is 0.481. The van der Waals surface area contributed by atoms with Crippen LogP contribution in [0.4, 0.5) is 11.5 Å². The molecule has 2 aromatic rings. The van der Waals surface area contributed by atoms with Gasteiger partial charge in [-0.1, -0.05) is 23.2 Å². The first-order valence-electron chi connectivity index (χ1n) is 7.11. The second-order valence-corrected chi connectivity index (χ2v) is 5.99. The quantitative estimate of drug-likeness (QED) is 0.912. The predicted molar refractivity (Wildman–Crippen MR) is 90.1 cm³/mol. The molecule has 0 bridgehead atoms. The van der Waals surface area contributed by atoms with Crippen LogP contribution in [0, 0.1) is 0 Å². The summed E-state index contributed by atoms with van der Waals surface area (Å²) >= 11 is 12.0. The number of benzene rings is 1. The minimum absolute atomic E-state index is 0.237. The maximum absolute atomic E-state index is 12.6. The van der Waals surface area contributed by atoms with Gasteiger partial charge in [0.2, 0.25) is 0 Å². The Kier molecular flexibility index (Phi) is 4.50. The number of pyridine rings is 1. The topological polar surface area (TPSA) is 45.2 Å². The standard InChI is InChI=1S/C16H15Cl2N3O/c17-11-5-6-13(18)14(10-11)20-16(22)12-4-3-7-19-15(12)21-8-1-2-9-21/h3-7,10H,1-2,8-9H2,(H,20,22). The van der Waals surface area contributed by atoms with Crippen molar-refractivity contribution in [3.05, 3.63) is 52.1 Å². The van der Waals surface area contributed by atoms with E-state index in [1.54, 1.807) is 36.5 Å². The molecule has 22 heavy (non-hydrogen) atoms. The minimum Gasteiger partial charge on any atom is -0.356 e. The molecule has 4 nitrogen and oxygen atoms in total. The highest BCUT2D eigenvalue weighted by Crippen LogP contribution is 2.27. The zero-order valence-electron chi connectivity index (χ0n) is 11.9. The fourth-order valence-electron chi connectivity index (χ4n) is 2.54. The number of aromatic nitrogens is 1. The Bertz CT molecular complexity index is 700. The number of anilines is 2. The number of carbonyl (C=O) groups excluding carboxylic acids is 1. The third kappa shape index (κ3) is 3.18. The highest BCUT2D eigenvalue weighted by Gasteiger charge is 2.21. The van der Waals surface area contributed by atoms with Crippen molar-refractivity contribution in [2.75, 3.05) is 23.3 Å². The first-order chi connectivity index (χ1) is 10.6. The van der Waals surface area contributed by atoms with E-state index in [2.05, 4.69) is 15.2 Å². The number of carbonyl (C=O) groups is 1. The molecule has 0 spiro atoms. The summed E-state index contributed by atoms with van der Waals surface area (Å²) < 4.78 is 0. The molecule has 1 aromatic carbocycles. The third-order valence-corrected chi connectivity index (χ3v) is 4.18. The van der Waals surface area contributed by atoms with E-state index in [0.717, 1.165) is 31.7 Å². The molecule has 0 unspecified atom stereocenters. The molecule has 1 N–H and O–H groups in total. The van der Waals surface area contributed by atoms with Gasteiger partial charge in [-0.25, -0.2) is 4.98 Å². The molecular formula is C16H15Cl2N3O. The van der Waals surface area contributed by atoms with Crippen LogP contribution in [-0.4, -0.2) is 24.0 Å². The van der Waals surface area contributed by atoms with Gasteiger partial charge in [0.25, 0.3) is 5.91 Å². The zero-order chi connectivity index (χ0) is 15.5. The van der Waals surface area contributed by atoms with Gasteiger partial charge >= 0.3 is 0 Å². The lowest BCUT2D eigenvalue weighted by atomic mass is 10.2. The SMILES string of the molecule is O=C(Nc1cc(Cl)ccc1Cl)c1cccnc1N1CCCC1. The van der Waals surface area contributed by atoms with E-state index in [1.165, 1.54) is 0 Å². The number of halogens is 2. The summed E-state index contributed by atoms with van der Waals surface area (Å²) in [4.78, 5) is 19.1. The monoisotopic (exact) mass is 335 g/mol. The lowest BCUT2D eigenvalue weighted by molar-refractivity contribution is 0.102. The lowest BCUT2D eigenvalue weighted by Crippen LogP contribution is -2.24. The summed E-state index contributed by atoms with van der Waals surface area (Å²) in [5, 5.41) is 3.78. The molecule has 1 amide bonds. The van der Waals surface area contributed by atoms with Gasteiger partial charge in [-0.2, -0.15) is 0 Å². The smallest absolute Gasteiger partial charge is 0.259 e. The second-order valence-electron chi connectivity index (χ2n) is 5.15. The maximum atomic E-state index is 12.6. The van der Waals surface area contributed by atoms with Crippen LogP contribution in [0.25, 0.3) is 0 Å². The lowest BCUT2D eigenvalue weighted by Gasteiger charge is -2.19. The number of rotatable bonds is 3. The Morgan fingerprint density at radius 1 is 1.18 bits per heavy atom. The Morgan fingerprint density at radius 3 is 2.73 bits per heavy atom. The average Bonchev–Trinajstić information content (AvgIpc) is 3.05. The molecule has 0 atom stereocenters. The second kappa shape index (κ2) is 6.55. The molecule has 6 heteroatoms. The molecule has 0 radical (unpaired) electrons. The fourth-order valence-corrected chi connectivity index (χ4v) is 2.87. The van der Waals surface area contributed by atoms with Gasteiger partial charge in [-0.15, -0.1) is 0 Å². The number of nitrogens with zero attached hydrogens (tertiary/aromatic N) is 2. The Hall–Kier alpha value is -1.78. The van der Waals surface area contributed by atoms with Crippen LogP contribution in [0.3, 0.4) is 0 Å². The fraction of sp³-hybridized carbons (Fsp3) is 0.250. The first kappa shape index (κ1) is 15.1. The van der Waals surface area contributed by atoms with Crippen molar-refractivity contribution in [1.29, 1.82) is 0 Å². The zero-order valence-corrected chi connectivity index (χ0v) is 13.4. The molecule has 1 aliphatic heterocycles. The van der Waals surface area contributed by atoms with Crippen LogP contribution in [0.1, 0.15) is 23.2 Å². The Morgan fingerprint density at radius 2 is 1.95 bits per heavy atom. The van der Waals surface area contributed by atoms with Crippen molar-refractivity contribution < 1.29 is 4.79 Å². The van der Waals surface area contributed by atoms with E-state index in [1.807, 2.05) is 0 Å². The number of amides is 1. The molecular weight excluding hydrogens is 321 g/mol. The normalized spacial score (nSPS) is 14.2.